The number of carbonyl (C=O) groups excluding carboxylic acids is 1. The van der Waals surface area contributed by atoms with Gasteiger partial charge in [-0.25, -0.2) is 9.79 Å². The Morgan fingerprint density at radius 1 is 1.59 bits per heavy atom. The average Bonchev–Trinajstić information content (AvgIpc) is 2.28. The van der Waals surface area contributed by atoms with Crippen LogP contribution in [0.2, 0.25) is 0 Å². The number of cyclic esters (lactones) is 1. The van der Waals surface area contributed by atoms with Crippen molar-refractivity contribution in [3.05, 3.63) is 22.9 Å². The molecule has 1 aliphatic heterocycles. The van der Waals surface area contributed by atoms with Crippen LogP contribution in [0.25, 0.3) is 0 Å². The topological polar surface area (TPSA) is 50.7 Å². The van der Waals surface area contributed by atoms with Crippen molar-refractivity contribution in [2.24, 2.45) is 4.99 Å². The Kier molecular flexibility index (Phi) is 5.22. The number of halogens is 1. The highest BCUT2D eigenvalue weighted by molar-refractivity contribution is 6.32. The van der Waals surface area contributed by atoms with Crippen LogP contribution in [0.1, 0.15) is 33.6 Å². The van der Waals surface area contributed by atoms with Crippen LogP contribution in [-0.4, -0.2) is 18.0 Å². The van der Waals surface area contributed by atoms with E-state index in [-0.39, 0.29) is 6.10 Å². The van der Waals surface area contributed by atoms with Gasteiger partial charge in [0.05, 0.1) is 0 Å². The summed E-state index contributed by atoms with van der Waals surface area (Å²) < 4.78 is 5.15. The van der Waals surface area contributed by atoms with E-state index in [4.69, 9.17) is 16.3 Å². The Balaban J connectivity index is 3.06. The van der Waals surface area contributed by atoms with E-state index in [0.717, 1.165) is 12.0 Å². The zero-order chi connectivity index (χ0) is 12.8. The summed E-state index contributed by atoms with van der Waals surface area (Å²) in [5.41, 5.74) is 0.745. The molecule has 17 heavy (non-hydrogen) atoms. The Morgan fingerprint density at radius 2 is 2.29 bits per heavy atom. The Morgan fingerprint density at radius 3 is 2.82 bits per heavy atom. The molecule has 1 atom stereocenters. The van der Waals surface area contributed by atoms with Gasteiger partial charge in [0.1, 0.15) is 11.9 Å². The van der Waals surface area contributed by atoms with Crippen molar-refractivity contribution >= 4 is 23.5 Å². The van der Waals surface area contributed by atoms with Crippen LogP contribution in [0.3, 0.4) is 0 Å². The van der Waals surface area contributed by atoms with Gasteiger partial charge in [-0.1, -0.05) is 31.5 Å². The van der Waals surface area contributed by atoms with E-state index >= 15 is 0 Å². The third kappa shape index (κ3) is 3.60. The number of carbonyl (C=O) groups is 1. The highest BCUT2D eigenvalue weighted by atomic mass is 35.5. The summed E-state index contributed by atoms with van der Waals surface area (Å²) in [6.45, 7) is 5.71. The minimum Gasteiger partial charge on any atom is -0.441 e. The summed E-state index contributed by atoms with van der Waals surface area (Å²) in [6.07, 6.45) is 4.31. The molecule has 4 nitrogen and oxygen atoms in total. The van der Waals surface area contributed by atoms with Gasteiger partial charge in [0.15, 0.2) is 0 Å². The molecule has 94 valence electrons. The molecule has 1 saturated heterocycles. The van der Waals surface area contributed by atoms with Crippen molar-refractivity contribution in [3.63, 3.8) is 0 Å². The Hall–Kier alpha value is -1.29. The lowest BCUT2D eigenvalue weighted by Gasteiger charge is -2.27. The quantitative estimate of drug-likeness (QED) is 0.842. The van der Waals surface area contributed by atoms with E-state index in [1.54, 1.807) is 13.1 Å². The fourth-order valence-corrected chi connectivity index (χ4v) is 1.75. The zero-order valence-corrected chi connectivity index (χ0v) is 11.0. The number of amidine groups is 1. The number of hydrogen-bond acceptors (Lipinski definition) is 3. The van der Waals surface area contributed by atoms with E-state index in [0.29, 0.717) is 17.3 Å². The molecule has 0 saturated carbocycles. The van der Waals surface area contributed by atoms with E-state index in [2.05, 4.69) is 10.3 Å². The van der Waals surface area contributed by atoms with E-state index < -0.39 is 6.09 Å². The van der Waals surface area contributed by atoms with Crippen LogP contribution in [0, 0.1) is 0 Å². The van der Waals surface area contributed by atoms with Crippen molar-refractivity contribution in [1.82, 2.24) is 5.32 Å². The van der Waals surface area contributed by atoms with Crippen molar-refractivity contribution in [2.45, 2.75) is 39.7 Å². The molecule has 0 aromatic rings. The molecular weight excluding hydrogens is 240 g/mol. The molecule has 5 heteroatoms. The lowest BCUT2D eigenvalue weighted by molar-refractivity contribution is 0.113. The molecule has 1 fully saturated rings. The first kappa shape index (κ1) is 13.8. The standard InChI is InChI=1S/C12H17ClN2O2/c1-4-6-7-14-11-10(8(3)13)9(5-2)17-12(16)15-11/h6-7,9H,4-5H2,1-3H3,(H,14,15,16)/b7-6+,10-8+. The molecule has 1 heterocycles. The van der Waals surface area contributed by atoms with Gasteiger partial charge >= 0.3 is 6.09 Å². The third-order valence-corrected chi connectivity index (χ3v) is 2.54. The number of ether oxygens (including phenoxy) is 1. The summed E-state index contributed by atoms with van der Waals surface area (Å²) in [7, 11) is 0. The first-order valence-corrected chi connectivity index (χ1v) is 6.05. The van der Waals surface area contributed by atoms with E-state index in [9.17, 15) is 4.79 Å². The van der Waals surface area contributed by atoms with Crippen LogP contribution < -0.4 is 5.32 Å². The molecule has 0 aromatic heterocycles. The van der Waals surface area contributed by atoms with Crippen molar-refractivity contribution in [2.75, 3.05) is 0 Å². The van der Waals surface area contributed by atoms with Crippen LogP contribution in [0.5, 0.6) is 0 Å². The second kappa shape index (κ2) is 6.45. The number of allylic oxidation sites excluding steroid dienone is 2. The zero-order valence-electron chi connectivity index (χ0n) is 10.3. The lowest BCUT2D eigenvalue weighted by Crippen LogP contribution is -2.44. The molecule has 1 amide bonds. The number of aliphatic imine (C=N–C) groups is 1. The van der Waals surface area contributed by atoms with Crippen molar-refractivity contribution in [1.29, 1.82) is 0 Å². The molecule has 0 bridgehead atoms. The molecule has 1 rings (SSSR count). The molecule has 1 unspecified atom stereocenters. The summed E-state index contributed by atoms with van der Waals surface area (Å²) in [4.78, 5) is 15.5. The second-order valence-electron chi connectivity index (χ2n) is 3.65. The van der Waals surface area contributed by atoms with Gasteiger partial charge in [0, 0.05) is 16.8 Å². The maximum Gasteiger partial charge on any atom is 0.413 e. The van der Waals surface area contributed by atoms with E-state index in [1.165, 1.54) is 0 Å². The Labute approximate surface area is 106 Å². The monoisotopic (exact) mass is 256 g/mol. The second-order valence-corrected chi connectivity index (χ2v) is 4.21. The number of alkyl carbamates (subject to hydrolysis) is 1. The molecule has 0 aliphatic carbocycles. The normalized spacial score (nSPS) is 26.0. The van der Waals surface area contributed by atoms with Crippen LogP contribution >= 0.6 is 11.6 Å². The molecular formula is C12H17ClN2O2. The SMILES string of the molecule is CC/C=C/N=C1\NC(=O)OC(CC)\C1=C(\C)Cl. The fraction of sp³-hybridized carbons (Fsp3) is 0.500. The lowest BCUT2D eigenvalue weighted by atomic mass is 10.0. The van der Waals surface area contributed by atoms with Crippen LogP contribution in [0.15, 0.2) is 27.9 Å². The van der Waals surface area contributed by atoms with E-state index in [1.807, 2.05) is 19.9 Å². The van der Waals surface area contributed by atoms with Gasteiger partial charge in [-0.3, -0.25) is 5.32 Å². The molecule has 0 spiro atoms. The molecule has 0 aromatic carbocycles. The van der Waals surface area contributed by atoms with Gasteiger partial charge in [-0.05, 0) is 19.8 Å². The predicted molar refractivity (Wildman–Crippen MR) is 69.1 cm³/mol. The highest BCUT2D eigenvalue weighted by Crippen LogP contribution is 2.22. The highest BCUT2D eigenvalue weighted by Gasteiger charge is 2.30. The third-order valence-electron chi connectivity index (χ3n) is 2.33. The number of hydrogen-bond donors (Lipinski definition) is 1. The summed E-state index contributed by atoms with van der Waals surface area (Å²) in [5, 5.41) is 3.15. The summed E-state index contributed by atoms with van der Waals surface area (Å²) >= 11 is 6.03. The van der Waals surface area contributed by atoms with Crippen molar-refractivity contribution < 1.29 is 9.53 Å². The molecule has 1 N–H and O–H groups in total. The first-order valence-electron chi connectivity index (χ1n) is 5.67. The number of rotatable bonds is 3. The number of nitrogens with zero attached hydrogens (tertiary/aromatic N) is 1. The molecule has 1 aliphatic rings. The minimum absolute atomic E-state index is 0.324. The maximum atomic E-state index is 11.3. The van der Waals surface area contributed by atoms with Crippen LogP contribution in [-0.2, 0) is 4.74 Å². The van der Waals surface area contributed by atoms with Gasteiger partial charge in [-0.15, -0.1) is 0 Å². The number of nitrogens with one attached hydrogen (secondary N) is 1. The Bertz CT molecular complexity index is 382. The average molecular weight is 257 g/mol. The number of amides is 1. The minimum atomic E-state index is -0.484. The summed E-state index contributed by atoms with van der Waals surface area (Å²) in [6, 6.07) is 0. The smallest absolute Gasteiger partial charge is 0.413 e. The fourth-order valence-electron chi connectivity index (χ4n) is 1.54. The maximum absolute atomic E-state index is 11.3. The van der Waals surface area contributed by atoms with Gasteiger partial charge in [-0.2, -0.15) is 0 Å². The first-order chi connectivity index (χ1) is 8.10. The summed E-state index contributed by atoms with van der Waals surface area (Å²) in [5.74, 6) is 0.477. The van der Waals surface area contributed by atoms with Crippen LogP contribution in [0.4, 0.5) is 4.79 Å². The van der Waals surface area contributed by atoms with Crippen molar-refractivity contribution in [3.8, 4) is 0 Å². The van der Waals surface area contributed by atoms with Gasteiger partial charge < -0.3 is 4.74 Å². The molecule has 0 radical (unpaired) electrons. The van der Waals surface area contributed by atoms with Gasteiger partial charge in [0.25, 0.3) is 0 Å². The largest absolute Gasteiger partial charge is 0.441 e. The predicted octanol–water partition coefficient (Wildman–Crippen LogP) is 3.34. The van der Waals surface area contributed by atoms with Gasteiger partial charge in [0.2, 0.25) is 0 Å².